The standard InChI is InChI=1S/C24H25Cl2FN4O2/c25-16-3-1-14(2-4-16)20-7-8-28-23(29-20)30-21-12-24(10-15(21)11-24)31-22(32)13-33-17-5-6-18(26)19(27)9-17/h1-6,9,15,21,23,28,30H,7-8,10-13H2,(H,31,32). The Balaban J connectivity index is 1.13. The number of nitrogens with zero attached hydrogens (tertiary/aromatic N) is 1. The highest BCUT2D eigenvalue weighted by molar-refractivity contribution is 6.31. The van der Waals surface area contributed by atoms with Gasteiger partial charge in [0.2, 0.25) is 0 Å². The molecule has 3 aliphatic carbocycles. The maximum absolute atomic E-state index is 13.5. The molecule has 1 heterocycles. The third-order valence-corrected chi connectivity index (χ3v) is 7.24. The van der Waals surface area contributed by atoms with E-state index in [9.17, 15) is 9.18 Å². The maximum Gasteiger partial charge on any atom is 0.258 e. The number of aliphatic imine (C=N–C) groups is 1. The zero-order chi connectivity index (χ0) is 23.0. The largest absolute Gasteiger partial charge is 0.484 e. The summed E-state index contributed by atoms with van der Waals surface area (Å²) in [4.78, 5) is 17.3. The molecule has 3 fully saturated rings. The fraction of sp³-hybridized carbons (Fsp3) is 0.417. The molecule has 3 N–H and O–H groups in total. The lowest BCUT2D eigenvalue weighted by molar-refractivity contribution is -0.125. The Bertz CT molecular complexity index is 1070. The van der Waals surface area contributed by atoms with Crippen molar-refractivity contribution in [3.63, 3.8) is 0 Å². The lowest BCUT2D eigenvalue weighted by Gasteiger charge is -2.39. The van der Waals surface area contributed by atoms with Crippen LogP contribution in [-0.4, -0.2) is 42.6 Å². The molecule has 0 radical (unpaired) electrons. The first-order chi connectivity index (χ1) is 15.9. The highest BCUT2D eigenvalue weighted by Crippen LogP contribution is 2.52. The van der Waals surface area contributed by atoms with E-state index in [1.54, 1.807) is 6.07 Å². The molecule has 2 aromatic rings. The van der Waals surface area contributed by atoms with Crippen LogP contribution in [-0.2, 0) is 4.79 Å². The second-order valence-electron chi connectivity index (χ2n) is 9.03. The zero-order valence-electron chi connectivity index (χ0n) is 17.9. The van der Waals surface area contributed by atoms with Gasteiger partial charge in [0.25, 0.3) is 5.91 Å². The van der Waals surface area contributed by atoms with Crippen LogP contribution in [0.15, 0.2) is 47.5 Å². The van der Waals surface area contributed by atoms with Gasteiger partial charge in [-0.05, 0) is 55.0 Å². The number of carbonyl (C=O) groups is 1. The minimum Gasteiger partial charge on any atom is -0.484 e. The first kappa shape index (κ1) is 22.6. The minimum atomic E-state index is -0.571. The average molecular weight is 491 g/mol. The maximum atomic E-state index is 13.5. The van der Waals surface area contributed by atoms with E-state index in [0.717, 1.165) is 43.5 Å². The molecule has 1 aliphatic heterocycles. The number of ether oxygens (including phenoxy) is 1. The van der Waals surface area contributed by atoms with Crippen molar-refractivity contribution in [1.82, 2.24) is 16.0 Å². The molecule has 3 saturated carbocycles. The molecule has 33 heavy (non-hydrogen) atoms. The van der Waals surface area contributed by atoms with Gasteiger partial charge in [0, 0.05) is 41.3 Å². The topological polar surface area (TPSA) is 74.8 Å². The molecule has 174 valence electrons. The highest BCUT2D eigenvalue weighted by Gasteiger charge is 2.57. The van der Waals surface area contributed by atoms with Crippen molar-refractivity contribution >= 4 is 34.8 Å². The smallest absolute Gasteiger partial charge is 0.258 e. The predicted octanol–water partition coefficient (Wildman–Crippen LogP) is 3.90. The fourth-order valence-electron chi connectivity index (χ4n) is 5.13. The van der Waals surface area contributed by atoms with Gasteiger partial charge in [-0.3, -0.25) is 20.4 Å². The van der Waals surface area contributed by atoms with Gasteiger partial charge in [0.1, 0.15) is 11.6 Å². The number of fused-ring (bicyclic) bond motifs is 1. The lowest BCUT2D eigenvalue weighted by atomic mass is 9.76. The van der Waals surface area contributed by atoms with Gasteiger partial charge in [-0.2, -0.15) is 0 Å². The third-order valence-electron chi connectivity index (χ3n) is 6.68. The summed E-state index contributed by atoms with van der Waals surface area (Å²) in [5.74, 6) is 0.00965. The van der Waals surface area contributed by atoms with E-state index in [4.69, 9.17) is 32.9 Å². The van der Waals surface area contributed by atoms with Crippen molar-refractivity contribution in [2.75, 3.05) is 13.2 Å². The fourth-order valence-corrected chi connectivity index (χ4v) is 5.38. The van der Waals surface area contributed by atoms with Gasteiger partial charge < -0.3 is 10.1 Å². The summed E-state index contributed by atoms with van der Waals surface area (Å²) in [6.45, 7) is 0.686. The normalized spacial score (nSPS) is 28.1. The monoisotopic (exact) mass is 490 g/mol. The van der Waals surface area contributed by atoms with Crippen molar-refractivity contribution in [2.24, 2.45) is 10.9 Å². The Hall–Kier alpha value is -2.19. The van der Waals surface area contributed by atoms with Gasteiger partial charge in [0.15, 0.2) is 12.9 Å². The summed E-state index contributed by atoms with van der Waals surface area (Å²) in [5.41, 5.74) is 1.95. The van der Waals surface area contributed by atoms with Crippen LogP contribution in [0.1, 0.15) is 31.2 Å². The number of rotatable bonds is 7. The molecule has 2 bridgehead atoms. The summed E-state index contributed by atoms with van der Waals surface area (Å²) in [6.07, 6.45) is 3.44. The number of hydrogen-bond acceptors (Lipinski definition) is 5. The molecule has 2 aromatic carbocycles. The summed E-state index contributed by atoms with van der Waals surface area (Å²) in [5, 5.41) is 10.9. The van der Waals surface area contributed by atoms with Gasteiger partial charge in [0.05, 0.1) is 5.02 Å². The molecule has 0 saturated heterocycles. The lowest BCUT2D eigenvalue weighted by Crippen LogP contribution is -2.53. The van der Waals surface area contributed by atoms with Crippen molar-refractivity contribution in [3.05, 3.63) is 63.9 Å². The second-order valence-corrected chi connectivity index (χ2v) is 9.87. The Morgan fingerprint density at radius 3 is 2.73 bits per heavy atom. The van der Waals surface area contributed by atoms with Crippen LogP contribution >= 0.6 is 23.2 Å². The van der Waals surface area contributed by atoms with Crippen molar-refractivity contribution in [1.29, 1.82) is 0 Å². The van der Waals surface area contributed by atoms with E-state index in [1.165, 1.54) is 12.1 Å². The van der Waals surface area contributed by atoms with E-state index in [-0.39, 0.29) is 41.2 Å². The van der Waals surface area contributed by atoms with E-state index in [2.05, 4.69) is 16.0 Å². The number of benzene rings is 2. The van der Waals surface area contributed by atoms with Crippen LogP contribution in [0.5, 0.6) is 5.75 Å². The Kier molecular flexibility index (Phi) is 6.31. The molecule has 2 unspecified atom stereocenters. The van der Waals surface area contributed by atoms with Gasteiger partial charge in [-0.15, -0.1) is 0 Å². The second kappa shape index (κ2) is 9.22. The van der Waals surface area contributed by atoms with Gasteiger partial charge in [-0.1, -0.05) is 35.3 Å². The molecule has 6 nitrogen and oxygen atoms in total. The summed E-state index contributed by atoms with van der Waals surface area (Å²) < 4.78 is 19.0. The first-order valence-electron chi connectivity index (χ1n) is 11.1. The van der Waals surface area contributed by atoms with Crippen LogP contribution in [0.25, 0.3) is 0 Å². The summed E-state index contributed by atoms with van der Waals surface area (Å²) in [6, 6.07) is 12.2. The summed E-state index contributed by atoms with van der Waals surface area (Å²) >= 11 is 11.7. The molecule has 0 aromatic heterocycles. The Labute approximate surface area is 201 Å². The minimum absolute atomic E-state index is 0.0211. The van der Waals surface area contributed by atoms with E-state index in [0.29, 0.717) is 10.9 Å². The third kappa shape index (κ3) is 5.01. The van der Waals surface area contributed by atoms with Gasteiger partial charge >= 0.3 is 0 Å². The Morgan fingerprint density at radius 2 is 1.97 bits per heavy atom. The number of carbonyl (C=O) groups excluding carboxylic acids is 1. The SMILES string of the molecule is O=C(COc1ccc(Cl)c(F)c1)NC12CC(C1)C(NC1N=C(c3ccc(Cl)cc3)CCN1)C2. The average Bonchev–Trinajstić information content (AvgIpc) is 3.28. The molecule has 4 aliphatic rings. The molecule has 0 spiro atoms. The van der Waals surface area contributed by atoms with Crippen molar-refractivity contribution in [2.45, 2.75) is 43.6 Å². The molecular formula is C24H25Cl2FN4O2. The van der Waals surface area contributed by atoms with Crippen LogP contribution in [0, 0.1) is 11.7 Å². The van der Waals surface area contributed by atoms with E-state index < -0.39 is 5.82 Å². The number of halogens is 3. The number of amides is 1. The van der Waals surface area contributed by atoms with Crippen molar-refractivity contribution < 1.29 is 13.9 Å². The van der Waals surface area contributed by atoms with Crippen LogP contribution in [0.2, 0.25) is 10.0 Å². The van der Waals surface area contributed by atoms with Crippen LogP contribution in [0.3, 0.4) is 0 Å². The summed E-state index contributed by atoms with van der Waals surface area (Å²) in [7, 11) is 0. The highest BCUT2D eigenvalue weighted by atomic mass is 35.5. The van der Waals surface area contributed by atoms with E-state index >= 15 is 0 Å². The molecule has 2 atom stereocenters. The van der Waals surface area contributed by atoms with Crippen molar-refractivity contribution in [3.8, 4) is 5.75 Å². The van der Waals surface area contributed by atoms with Crippen LogP contribution < -0.4 is 20.7 Å². The van der Waals surface area contributed by atoms with Gasteiger partial charge in [-0.25, -0.2) is 4.39 Å². The zero-order valence-corrected chi connectivity index (χ0v) is 19.4. The molecular weight excluding hydrogens is 466 g/mol. The molecule has 9 heteroatoms. The first-order valence-corrected chi connectivity index (χ1v) is 11.9. The number of nitrogens with one attached hydrogen (secondary N) is 3. The Morgan fingerprint density at radius 1 is 1.18 bits per heavy atom. The van der Waals surface area contributed by atoms with E-state index in [1.807, 2.05) is 24.3 Å². The molecule has 6 rings (SSSR count). The van der Waals surface area contributed by atoms with Crippen LogP contribution in [0.4, 0.5) is 4.39 Å². The number of hydrogen-bond donors (Lipinski definition) is 3. The quantitative estimate of drug-likeness (QED) is 0.550. The molecule has 1 amide bonds. The predicted molar refractivity (Wildman–Crippen MR) is 126 cm³/mol.